The first-order valence-electron chi connectivity index (χ1n) is 7.44. The summed E-state index contributed by atoms with van der Waals surface area (Å²) in [5.41, 5.74) is 6.93. The maximum absolute atomic E-state index is 13.9. The molecule has 0 radical (unpaired) electrons. The fraction of sp³-hybridized carbons (Fsp3) is 0.471. The van der Waals surface area contributed by atoms with Crippen molar-refractivity contribution in [2.24, 2.45) is 10.7 Å². The lowest BCUT2D eigenvalue weighted by Crippen LogP contribution is -2.24. The second-order valence-electron chi connectivity index (χ2n) is 6.46. The maximum atomic E-state index is 13.9. The molecule has 0 unspecified atom stereocenters. The maximum Gasteiger partial charge on any atom is 0.124 e. The van der Waals surface area contributed by atoms with E-state index in [-0.39, 0.29) is 17.9 Å². The molecule has 1 aliphatic rings. The summed E-state index contributed by atoms with van der Waals surface area (Å²) in [4.78, 5) is 4.19. The number of aliphatic imine (C=N–C) groups is 1. The average Bonchev–Trinajstić information content (AvgIpc) is 3.23. The Labute approximate surface area is 130 Å². The Morgan fingerprint density at radius 3 is 2.64 bits per heavy atom. The molecule has 1 aromatic carbocycles. The lowest BCUT2D eigenvalue weighted by molar-refractivity contribution is 0.0906. The minimum atomic E-state index is -0.881. The van der Waals surface area contributed by atoms with Gasteiger partial charge in [0.05, 0.1) is 12.1 Å². The van der Waals surface area contributed by atoms with Crippen LogP contribution in [0.15, 0.2) is 29.4 Å². The summed E-state index contributed by atoms with van der Waals surface area (Å²) in [6.07, 6.45) is 4.99. The van der Waals surface area contributed by atoms with Crippen molar-refractivity contribution in [1.29, 1.82) is 0 Å². The first kappa shape index (κ1) is 16.6. The number of hydrogen-bond acceptors (Lipinski definition) is 4. The highest BCUT2D eigenvalue weighted by Gasteiger charge is 2.43. The first-order valence-corrected chi connectivity index (χ1v) is 7.44. The smallest absolute Gasteiger partial charge is 0.124 e. The van der Waals surface area contributed by atoms with E-state index in [0.29, 0.717) is 11.1 Å². The normalized spacial score (nSPS) is 18.0. The first-order chi connectivity index (χ1) is 10.3. The van der Waals surface area contributed by atoms with E-state index in [0.717, 1.165) is 18.4 Å². The number of benzene rings is 1. The molecule has 4 N–H and O–H groups in total. The molecule has 0 atom stereocenters. The van der Waals surface area contributed by atoms with Crippen LogP contribution in [0.2, 0.25) is 0 Å². The van der Waals surface area contributed by atoms with Gasteiger partial charge in [0, 0.05) is 23.5 Å². The quantitative estimate of drug-likeness (QED) is 0.705. The van der Waals surface area contributed by atoms with Crippen molar-refractivity contribution in [2.45, 2.75) is 37.8 Å². The number of rotatable bonds is 6. The van der Waals surface area contributed by atoms with Gasteiger partial charge in [-0.05, 0) is 63.1 Å². The van der Waals surface area contributed by atoms with E-state index < -0.39 is 5.60 Å². The molecule has 22 heavy (non-hydrogen) atoms. The Kier molecular flexibility index (Phi) is 4.68. The van der Waals surface area contributed by atoms with E-state index in [1.54, 1.807) is 26.1 Å². The zero-order valence-electron chi connectivity index (χ0n) is 13.4. The van der Waals surface area contributed by atoms with Crippen LogP contribution in [-0.2, 0) is 5.54 Å². The second-order valence-corrected chi connectivity index (χ2v) is 6.46. The van der Waals surface area contributed by atoms with E-state index >= 15 is 0 Å². The van der Waals surface area contributed by atoms with Crippen molar-refractivity contribution >= 4 is 11.8 Å². The predicted molar refractivity (Wildman–Crippen MR) is 88.2 cm³/mol. The van der Waals surface area contributed by atoms with Crippen molar-refractivity contribution in [3.8, 4) is 0 Å². The third kappa shape index (κ3) is 3.93. The zero-order valence-corrected chi connectivity index (χ0v) is 13.4. The van der Waals surface area contributed by atoms with Crippen LogP contribution in [0.3, 0.4) is 0 Å². The third-order valence-corrected chi connectivity index (χ3v) is 3.90. The van der Waals surface area contributed by atoms with Crippen LogP contribution in [-0.4, -0.2) is 30.5 Å². The fourth-order valence-electron chi connectivity index (χ4n) is 2.42. The highest BCUT2D eigenvalue weighted by Crippen LogP contribution is 2.45. The van der Waals surface area contributed by atoms with E-state index in [9.17, 15) is 9.50 Å². The number of nitrogens with two attached hydrogens (primary N) is 1. The van der Waals surface area contributed by atoms with Crippen LogP contribution >= 0.6 is 0 Å². The van der Waals surface area contributed by atoms with Gasteiger partial charge in [0.15, 0.2) is 0 Å². The summed E-state index contributed by atoms with van der Waals surface area (Å²) in [6, 6.07) is 4.96. The lowest BCUT2D eigenvalue weighted by Gasteiger charge is -2.16. The molecule has 120 valence electrons. The van der Waals surface area contributed by atoms with Gasteiger partial charge in [-0.1, -0.05) is 0 Å². The number of hydrogen-bond donors (Lipinski definition) is 3. The molecule has 0 saturated heterocycles. The molecule has 0 heterocycles. The van der Waals surface area contributed by atoms with Crippen LogP contribution in [0.5, 0.6) is 0 Å². The molecule has 0 aliphatic heterocycles. The van der Waals surface area contributed by atoms with E-state index in [1.807, 2.05) is 13.1 Å². The molecule has 1 fully saturated rings. The predicted octanol–water partition coefficient (Wildman–Crippen LogP) is 2.18. The number of halogens is 1. The minimum absolute atomic E-state index is 0.110. The second kappa shape index (κ2) is 6.18. The molecular weight excluding hydrogens is 281 g/mol. The Morgan fingerprint density at radius 1 is 1.45 bits per heavy atom. The van der Waals surface area contributed by atoms with Crippen LogP contribution in [0.25, 0.3) is 5.57 Å². The van der Waals surface area contributed by atoms with Crippen molar-refractivity contribution < 1.29 is 9.50 Å². The summed E-state index contributed by atoms with van der Waals surface area (Å²) in [5.74, 6) is -0.288. The summed E-state index contributed by atoms with van der Waals surface area (Å²) >= 11 is 0. The highest BCUT2D eigenvalue weighted by atomic mass is 19.1. The van der Waals surface area contributed by atoms with E-state index in [4.69, 9.17) is 5.73 Å². The summed E-state index contributed by atoms with van der Waals surface area (Å²) < 4.78 is 13.9. The van der Waals surface area contributed by atoms with Crippen LogP contribution in [0.4, 0.5) is 4.39 Å². The van der Waals surface area contributed by atoms with Gasteiger partial charge in [-0.3, -0.25) is 4.99 Å². The van der Waals surface area contributed by atoms with Gasteiger partial charge in [0.2, 0.25) is 0 Å². The van der Waals surface area contributed by atoms with Crippen molar-refractivity contribution in [2.75, 3.05) is 13.6 Å². The highest BCUT2D eigenvalue weighted by molar-refractivity contribution is 6.09. The van der Waals surface area contributed by atoms with Gasteiger partial charge >= 0.3 is 0 Å². The van der Waals surface area contributed by atoms with Gasteiger partial charge in [-0.2, -0.15) is 0 Å². The molecule has 0 spiro atoms. The molecule has 2 rings (SSSR count). The molecule has 4 nitrogen and oxygen atoms in total. The molecule has 0 aromatic heterocycles. The summed E-state index contributed by atoms with van der Waals surface area (Å²) in [6.45, 7) is 3.62. The lowest BCUT2D eigenvalue weighted by atomic mass is 9.98. The topological polar surface area (TPSA) is 70.6 Å². The van der Waals surface area contributed by atoms with Crippen molar-refractivity contribution in [1.82, 2.24) is 5.32 Å². The minimum Gasteiger partial charge on any atom is -0.404 e. The van der Waals surface area contributed by atoms with Crippen LogP contribution in [0.1, 0.15) is 37.8 Å². The Bertz CT molecular complexity index is 598. The van der Waals surface area contributed by atoms with Crippen molar-refractivity contribution in [3.05, 3.63) is 41.3 Å². The molecule has 0 amide bonds. The number of aliphatic hydroxyl groups is 1. The Morgan fingerprint density at radius 2 is 2.14 bits per heavy atom. The van der Waals surface area contributed by atoms with E-state index in [1.165, 1.54) is 12.3 Å². The van der Waals surface area contributed by atoms with Crippen molar-refractivity contribution in [3.63, 3.8) is 0 Å². The summed E-state index contributed by atoms with van der Waals surface area (Å²) in [5, 5.41) is 12.9. The third-order valence-electron chi connectivity index (χ3n) is 3.90. The van der Waals surface area contributed by atoms with Crippen LogP contribution in [0, 0.1) is 5.82 Å². The monoisotopic (exact) mass is 305 g/mol. The summed E-state index contributed by atoms with van der Waals surface area (Å²) in [7, 11) is 1.89. The van der Waals surface area contributed by atoms with Gasteiger partial charge < -0.3 is 16.2 Å². The van der Waals surface area contributed by atoms with E-state index in [2.05, 4.69) is 10.3 Å². The molecular formula is C17H24FN3O. The molecule has 0 bridgehead atoms. The number of nitrogens with zero attached hydrogens (tertiary/aromatic N) is 1. The zero-order chi connectivity index (χ0) is 16.4. The van der Waals surface area contributed by atoms with Gasteiger partial charge in [0.25, 0.3) is 0 Å². The van der Waals surface area contributed by atoms with Gasteiger partial charge in [0.1, 0.15) is 5.82 Å². The van der Waals surface area contributed by atoms with Gasteiger partial charge in [-0.15, -0.1) is 0 Å². The number of nitrogens with one attached hydrogen (secondary N) is 1. The van der Waals surface area contributed by atoms with Crippen LogP contribution < -0.4 is 11.1 Å². The molecule has 1 aromatic rings. The number of allylic oxidation sites excluding steroid dienone is 1. The van der Waals surface area contributed by atoms with Gasteiger partial charge in [-0.25, -0.2) is 4.39 Å². The standard InChI is InChI=1S/C17H24FN3O/c1-16(2,22)11-21-10-13(9-19)12-6-14(8-15(18)7-12)17(20-3)4-5-17/h6-10,20,22H,4-5,11,19H2,1-3H3/b13-9+,21-10?. The molecule has 5 heteroatoms. The Hall–Kier alpha value is -1.72. The fourth-order valence-corrected chi connectivity index (χ4v) is 2.42. The SMILES string of the molecule is CNC1(c2cc(F)cc(/C(C=NCC(C)(C)O)=C/N)c2)CC1. The largest absolute Gasteiger partial charge is 0.404 e. The Balaban J connectivity index is 2.27. The molecule has 1 aliphatic carbocycles. The average molecular weight is 305 g/mol. The molecule has 1 saturated carbocycles.